The van der Waals surface area contributed by atoms with Crippen molar-refractivity contribution in [2.24, 2.45) is 0 Å². The van der Waals surface area contributed by atoms with E-state index in [0.29, 0.717) is 15.9 Å². The van der Waals surface area contributed by atoms with Gasteiger partial charge in [0.15, 0.2) is 0 Å². The monoisotopic (exact) mass is 197 g/mol. The van der Waals surface area contributed by atoms with Crippen LogP contribution >= 0.6 is 12.6 Å². The Morgan fingerprint density at radius 3 is 2.92 bits per heavy atom. The van der Waals surface area contributed by atoms with Crippen LogP contribution in [0.2, 0.25) is 0 Å². The highest BCUT2D eigenvalue weighted by atomic mass is 32.1. The molecule has 2 aromatic rings. The van der Waals surface area contributed by atoms with Crippen LogP contribution in [0.25, 0.3) is 11.0 Å². The number of thiol groups is 1. The van der Waals surface area contributed by atoms with Crippen molar-refractivity contribution in [2.75, 3.05) is 0 Å². The van der Waals surface area contributed by atoms with Gasteiger partial charge in [-0.3, -0.25) is 10.1 Å². The molecule has 0 saturated carbocycles. The van der Waals surface area contributed by atoms with Crippen LogP contribution in [0, 0.1) is 10.1 Å². The molecule has 0 radical (unpaired) electrons. The first-order valence-electron chi connectivity index (χ1n) is 3.28. The second-order valence-corrected chi connectivity index (χ2v) is 2.84. The van der Waals surface area contributed by atoms with Crippen molar-refractivity contribution in [3.63, 3.8) is 0 Å². The van der Waals surface area contributed by atoms with Crippen LogP contribution < -0.4 is 0 Å². The smallest absolute Gasteiger partial charge is 0.258 e. The molecule has 6 nitrogen and oxygen atoms in total. The van der Waals surface area contributed by atoms with E-state index in [9.17, 15) is 10.1 Å². The van der Waals surface area contributed by atoms with Crippen LogP contribution in [0.15, 0.2) is 21.7 Å². The molecule has 0 N–H and O–H groups in total. The third kappa shape index (κ3) is 1.22. The molecule has 0 aliphatic carbocycles. The molecule has 2 rings (SSSR count). The number of rotatable bonds is 1. The first kappa shape index (κ1) is 7.99. The average molecular weight is 197 g/mol. The number of non-ortho nitro benzene ring substituents is 1. The molecule has 0 atom stereocenters. The molecule has 0 aliphatic heterocycles. The Labute approximate surface area is 77.1 Å². The van der Waals surface area contributed by atoms with Crippen LogP contribution in [0.4, 0.5) is 5.69 Å². The van der Waals surface area contributed by atoms with Gasteiger partial charge >= 0.3 is 0 Å². The summed E-state index contributed by atoms with van der Waals surface area (Å²) in [4.78, 5) is 10.3. The highest BCUT2D eigenvalue weighted by Gasteiger charge is 2.12. The van der Waals surface area contributed by atoms with Gasteiger partial charge in [0.05, 0.1) is 4.92 Å². The molecule has 1 aromatic carbocycles. The number of aromatic nitrogens is 2. The highest BCUT2D eigenvalue weighted by molar-refractivity contribution is 7.80. The topological polar surface area (TPSA) is 82.1 Å². The fourth-order valence-corrected chi connectivity index (χ4v) is 1.25. The Balaban J connectivity index is 2.77. The van der Waals surface area contributed by atoms with Crippen LogP contribution in [-0.2, 0) is 0 Å². The van der Waals surface area contributed by atoms with Gasteiger partial charge in [-0.2, -0.15) is 0 Å². The number of nitro groups is 1. The summed E-state index contributed by atoms with van der Waals surface area (Å²) >= 11 is 4.01. The summed E-state index contributed by atoms with van der Waals surface area (Å²) in [5.74, 6) is 0. The number of fused-ring (bicyclic) bond motifs is 1. The Hall–Kier alpha value is -1.63. The molecule has 0 saturated heterocycles. The van der Waals surface area contributed by atoms with Crippen molar-refractivity contribution in [3.8, 4) is 0 Å². The van der Waals surface area contributed by atoms with Gasteiger partial charge in [0.2, 0.25) is 0 Å². The van der Waals surface area contributed by atoms with Gasteiger partial charge in [0, 0.05) is 17.0 Å². The third-order valence-corrected chi connectivity index (χ3v) is 1.88. The molecule has 0 amide bonds. The quantitative estimate of drug-likeness (QED) is 0.424. The summed E-state index contributed by atoms with van der Waals surface area (Å²) in [6, 6.07) is 2.58. The van der Waals surface area contributed by atoms with E-state index < -0.39 is 4.92 Å². The van der Waals surface area contributed by atoms with E-state index in [1.165, 1.54) is 12.1 Å². The van der Waals surface area contributed by atoms with E-state index in [1.54, 1.807) is 0 Å². The molecule has 0 unspecified atom stereocenters. The fraction of sp³-hybridized carbons (Fsp3) is 0. The van der Waals surface area contributed by atoms with Crippen molar-refractivity contribution in [1.29, 1.82) is 0 Å². The lowest BCUT2D eigenvalue weighted by Crippen LogP contribution is -1.87. The summed E-state index contributed by atoms with van der Waals surface area (Å²) in [6.07, 6.45) is 0. The van der Waals surface area contributed by atoms with Crippen molar-refractivity contribution < 1.29 is 9.55 Å². The number of hydrogen-bond acceptors (Lipinski definition) is 6. The molecule has 1 heterocycles. The molecule has 66 valence electrons. The van der Waals surface area contributed by atoms with Crippen molar-refractivity contribution >= 4 is 29.3 Å². The Bertz CT molecular complexity index is 481. The second-order valence-electron chi connectivity index (χ2n) is 2.35. The predicted molar refractivity (Wildman–Crippen MR) is 45.7 cm³/mol. The first-order valence-corrected chi connectivity index (χ1v) is 3.73. The van der Waals surface area contributed by atoms with Crippen molar-refractivity contribution in [3.05, 3.63) is 22.2 Å². The molecule has 0 bridgehead atoms. The van der Waals surface area contributed by atoms with Gasteiger partial charge in [-0.05, 0) is 10.3 Å². The predicted octanol–water partition coefficient (Wildman–Crippen LogP) is 1.42. The van der Waals surface area contributed by atoms with Gasteiger partial charge in [0.1, 0.15) is 11.0 Å². The average Bonchev–Trinajstić information content (AvgIpc) is 2.51. The van der Waals surface area contributed by atoms with Crippen LogP contribution in [0.1, 0.15) is 0 Å². The molecule has 0 spiro atoms. The van der Waals surface area contributed by atoms with Crippen LogP contribution in [0.5, 0.6) is 0 Å². The highest BCUT2D eigenvalue weighted by Crippen LogP contribution is 2.24. The van der Waals surface area contributed by atoms with E-state index in [1.807, 2.05) is 0 Å². The largest absolute Gasteiger partial charge is 0.272 e. The SMILES string of the molecule is O=[N+]([O-])c1cc(S)c2nonc2c1. The Morgan fingerprint density at radius 1 is 1.46 bits per heavy atom. The second kappa shape index (κ2) is 2.70. The minimum absolute atomic E-state index is 0.0757. The van der Waals surface area contributed by atoms with E-state index in [4.69, 9.17) is 0 Å². The maximum absolute atomic E-state index is 10.4. The zero-order valence-electron chi connectivity index (χ0n) is 6.17. The van der Waals surface area contributed by atoms with E-state index in [-0.39, 0.29) is 5.69 Å². The summed E-state index contributed by atoms with van der Waals surface area (Å²) in [7, 11) is 0. The molecular weight excluding hydrogens is 194 g/mol. The first-order chi connectivity index (χ1) is 6.18. The fourth-order valence-electron chi connectivity index (χ4n) is 0.964. The number of benzene rings is 1. The number of nitrogens with zero attached hydrogens (tertiary/aromatic N) is 3. The van der Waals surface area contributed by atoms with E-state index in [2.05, 4.69) is 27.6 Å². The standard InChI is InChI=1S/C6H3N3O3S/c10-9(11)3-1-4-6(5(13)2-3)8-12-7-4/h1-2,13H. The third-order valence-electron chi connectivity index (χ3n) is 1.54. The molecule has 0 fully saturated rings. The summed E-state index contributed by atoms with van der Waals surface area (Å²) in [6.45, 7) is 0. The van der Waals surface area contributed by atoms with Gasteiger partial charge in [0.25, 0.3) is 5.69 Å². The van der Waals surface area contributed by atoms with Crippen LogP contribution in [-0.4, -0.2) is 15.2 Å². The molecule has 0 aliphatic rings. The minimum Gasteiger partial charge on any atom is -0.258 e. The molecule has 13 heavy (non-hydrogen) atoms. The lowest BCUT2D eigenvalue weighted by Gasteiger charge is -1.91. The maximum atomic E-state index is 10.4. The van der Waals surface area contributed by atoms with Gasteiger partial charge in [-0.1, -0.05) is 0 Å². The van der Waals surface area contributed by atoms with Gasteiger partial charge < -0.3 is 0 Å². The summed E-state index contributed by atoms with van der Waals surface area (Å²) in [5.41, 5.74) is 0.682. The molecular formula is C6H3N3O3S. The zero-order chi connectivity index (χ0) is 9.42. The van der Waals surface area contributed by atoms with E-state index >= 15 is 0 Å². The molecule has 1 aromatic heterocycles. The summed E-state index contributed by atoms with van der Waals surface area (Å²) in [5, 5.41) is 17.4. The lowest BCUT2D eigenvalue weighted by molar-refractivity contribution is -0.384. The zero-order valence-corrected chi connectivity index (χ0v) is 7.06. The summed E-state index contributed by atoms with van der Waals surface area (Å²) < 4.78 is 4.41. The van der Waals surface area contributed by atoms with Crippen LogP contribution in [0.3, 0.4) is 0 Å². The number of hydrogen-bond donors (Lipinski definition) is 1. The van der Waals surface area contributed by atoms with Gasteiger partial charge in [-0.25, -0.2) is 4.63 Å². The minimum atomic E-state index is -0.520. The van der Waals surface area contributed by atoms with E-state index in [0.717, 1.165) is 0 Å². The number of nitro benzene ring substituents is 1. The lowest BCUT2D eigenvalue weighted by atomic mass is 10.3. The Morgan fingerprint density at radius 2 is 2.23 bits per heavy atom. The Kier molecular flexibility index (Phi) is 1.66. The molecule has 7 heteroatoms. The van der Waals surface area contributed by atoms with Crippen molar-refractivity contribution in [2.45, 2.75) is 4.90 Å². The van der Waals surface area contributed by atoms with Crippen molar-refractivity contribution in [1.82, 2.24) is 10.3 Å². The maximum Gasteiger partial charge on any atom is 0.272 e. The normalized spacial score (nSPS) is 10.5. The van der Waals surface area contributed by atoms with Gasteiger partial charge in [-0.15, -0.1) is 12.6 Å².